The zero-order valence-electron chi connectivity index (χ0n) is 14.9. The van der Waals surface area contributed by atoms with Crippen molar-refractivity contribution in [2.24, 2.45) is 0 Å². The molecule has 0 saturated heterocycles. The van der Waals surface area contributed by atoms with E-state index in [1.165, 1.54) is 28.5 Å². The lowest BCUT2D eigenvalue weighted by Crippen LogP contribution is -2.19. The van der Waals surface area contributed by atoms with E-state index in [4.69, 9.17) is 9.47 Å². The average Bonchev–Trinajstić information content (AvgIpc) is 3.00. The fourth-order valence-corrected chi connectivity index (χ4v) is 3.01. The molecule has 0 saturated carbocycles. The summed E-state index contributed by atoms with van der Waals surface area (Å²) in [6, 6.07) is 14.3. The van der Waals surface area contributed by atoms with Gasteiger partial charge in [0.1, 0.15) is 0 Å². The third-order valence-corrected chi connectivity index (χ3v) is 4.17. The van der Waals surface area contributed by atoms with Gasteiger partial charge >= 0.3 is 11.9 Å². The predicted molar refractivity (Wildman–Crippen MR) is 99.7 cm³/mol. The van der Waals surface area contributed by atoms with Crippen molar-refractivity contribution in [1.82, 2.24) is 0 Å². The Morgan fingerprint density at radius 2 is 1.62 bits per heavy atom. The van der Waals surface area contributed by atoms with Crippen LogP contribution in [0.15, 0.2) is 54.2 Å². The van der Waals surface area contributed by atoms with E-state index in [0.717, 1.165) is 12.1 Å². The molecule has 26 heavy (non-hydrogen) atoms. The molecule has 0 amide bonds. The number of nitrogens with one attached hydrogen (secondary N) is 1. The lowest BCUT2D eigenvalue weighted by molar-refractivity contribution is -0.146. The van der Waals surface area contributed by atoms with E-state index in [9.17, 15) is 9.59 Å². The Morgan fingerprint density at radius 1 is 0.962 bits per heavy atom. The quantitative estimate of drug-likeness (QED) is 0.318. The van der Waals surface area contributed by atoms with Crippen molar-refractivity contribution in [3.05, 3.63) is 65.4 Å². The monoisotopic (exact) mass is 351 g/mol. The highest BCUT2D eigenvalue weighted by Crippen LogP contribution is 2.37. The number of esters is 2. The molecule has 0 spiro atoms. The van der Waals surface area contributed by atoms with Crippen molar-refractivity contribution < 1.29 is 19.1 Å². The number of ether oxygens (including phenoxy) is 2. The van der Waals surface area contributed by atoms with Gasteiger partial charge in [-0.2, -0.15) is 0 Å². The molecule has 3 rings (SSSR count). The van der Waals surface area contributed by atoms with Crippen LogP contribution in [-0.4, -0.2) is 25.2 Å². The third-order valence-electron chi connectivity index (χ3n) is 4.17. The molecule has 134 valence electrons. The molecular formula is C21H21NO4. The highest BCUT2D eigenvalue weighted by molar-refractivity contribution is 6.14. The Bertz CT molecular complexity index is 850. The van der Waals surface area contributed by atoms with Gasteiger partial charge in [-0.1, -0.05) is 30.3 Å². The fraction of sp³-hybridized carbons (Fsp3) is 0.238. The number of hydrogen-bond acceptors (Lipinski definition) is 5. The number of hydrogen-bond donors (Lipinski definition) is 1. The van der Waals surface area contributed by atoms with Gasteiger partial charge in [-0.25, -0.2) is 9.59 Å². The van der Waals surface area contributed by atoms with Crippen LogP contribution in [0.2, 0.25) is 0 Å². The number of carbonyl (C=O) groups excluding carboxylic acids is 2. The molecule has 0 heterocycles. The summed E-state index contributed by atoms with van der Waals surface area (Å²) < 4.78 is 9.86. The second-order valence-electron chi connectivity index (χ2n) is 5.85. The van der Waals surface area contributed by atoms with Gasteiger partial charge in [-0.05, 0) is 54.7 Å². The van der Waals surface area contributed by atoms with Crippen LogP contribution >= 0.6 is 0 Å². The van der Waals surface area contributed by atoms with Crippen LogP contribution in [0.3, 0.4) is 0 Å². The molecule has 1 aliphatic rings. The largest absolute Gasteiger partial charge is 0.462 e. The Morgan fingerprint density at radius 3 is 2.31 bits per heavy atom. The molecule has 0 bridgehead atoms. The van der Waals surface area contributed by atoms with E-state index in [1.807, 2.05) is 30.3 Å². The second-order valence-corrected chi connectivity index (χ2v) is 5.85. The molecule has 0 aromatic heterocycles. The first kappa shape index (κ1) is 17.7. The van der Waals surface area contributed by atoms with Crippen LogP contribution in [-0.2, 0) is 25.5 Å². The molecule has 5 heteroatoms. The van der Waals surface area contributed by atoms with Crippen LogP contribution in [0.5, 0.6) is 0 Å². The zero-order valence-corrected chi connectivity index (χ0v) is 14.9. The summed E-state index contributed by atoms with van der Waals surface area (Å²) in [6.07, 6.45) is 2.22. The Hall–Kier alpha value is -3.08. The van der Waals surface area contributed by atoms with Gasteiger partial charge in [-0.15, -0.1) is 0 Å². The van der Waals surface area contributed by atoms with Crippen LogP contribution in [0.4, 0.5) is 5.69 Å². The van der Waals surface area contributed by atoms with E-state index < -0.39 is 11.9 Å². The zero-order chi connectivity index (χ0) is 18.5. The molecule has 0 fully saturated rings. The molecule has 2 aromatic rings. The van der Waals surface area contributed by atoms with E-state index in [-0.39, 0.29) is 18.8 Å². The Balaban J connectivity index is 1.81. The molecular weight excluding hydrogens is 330 g/mol. The van der Waals surface area contributed by atoms with E-state index >= 15 is 0 Å². The van der Waals surface area contributed by atoms with E-state index in [2.05, 4.69) is 17.4 Å². The normalized spacial score (nSPS) is 11.2. The van der Waals surface area contributed by atoms with E-state index in [1.54, 1.807) is 13.8 Å². The predicted octanol–water partition coefficient (Wildman–Crippen LogP) is 3.68. The number of fused-ring (bicyclic) bond motifs is 3. The minimum atomic E-state index is -0.702. The molecule has 1 N–H and O–H groups in total. The van der Waals surface area contributed by atoms with Crippen molar-refractivity contribution in [3.63, 3.8) is 0 Å². The third kappa shape index (κ3) is 3.61. The SMILES string of the molecule is CCOC(=O)C(=CNc1ccc2c(c1)Cc1ccccc1-2)C(=O)OCC. The van der Waals surface area contributed by atoms with Crippen LogP contribution < -0.4 is 5.32 Å². The summed E-state index contributed by atoms with van der Waals surface area (Å²) in [7, 11) is 0. The molecule has 1 aliphatic carbocycles. The molecule has 5 nitrogen and oxygen atoms in total. The van der Waals surface area contributed by atoms with Crippen LogP contribution in [0.25, 0.3) is 11.1 Å². The van der Waals surface area contributed by atoms with Crippen molar-refractivity contribution in [2.45, 2.75) is 20.3 Å². The topological polar surface area (TPSA) is 64.6 Å². The van der Waals surface area contributed by atoms with Crippen molar-refractivity contribution in [3.8, 4) is 11.1 Å². The molecule has 0 atom stereocenters. The summed E-state index contributed by atoms with van der Waals surface area (Å²) in [6.45, 7) is 3.75. The summed E-state index contributed by atoms with van der Waals surface area (Å²) in [5.74, 6) is -1.40. The number of rotatable bonds is 6. The van der Waals surface area contributed by atoms with Gasteiger partial charge in [0.2, 0.25) is 0 Å². The summed E-state index contributed by atoms with van der Waals surface area (Å²) in [5.41, 5.74) is 5.61. The second kappa shape index (κ2) is 7.87. The fourth-order valence-electron chi connectivity index (χ4n) is 3.01. The lowest BCUT2D eigenvalue weighted by Gasteiger charge is -2.09. The molecule has 2 aromatic carbocycles. The Labute approximate surface area is 152 Å². The van der Waals surface area contributed by atoms with Gasteiger partial charge in [0, 0.05) is 11.9 Å². The summed E-state index contributed by atoms with van der Waals surface area (Å²) >= 11 is 0. The highest BCUT2D eigenvalue weighted by atomic mass is 16.6. The van der Waals surface area contributed by atoms with Crippen LogP contribution in [0.1, 0.15) is 25.0 Å². The minimum Gasteiger partial charge on any atom is -0.462 e. The van der Waals surface area contributed by atoms with Gasteiger partial charge in [-0.3, -0.25) is 0 Å². The van der Waals surface area contributed by atoms with Gasteiger partial charge in [0.25, 0.3) is 0 Å². The number of carbonyl (C=O) groups is 2. The number of anilines is 1. The maximum Gasteiger partial charge on any atom is 0.347 e. The average molecular weight is 351 g/mol. The first-order valence-electron chi connectivity index (χ1n) is 8.66. The first-order valence-corrected chi connectivity index (χ1v) is 8.66. The van der Waals surface area contributed by atoms with Gasteiger partial charge < -0.3 is 14.8 Å². The maximum atomic E-state index is 12.0. The standard InChI is InChI=1S/C21H21NO4/c1-3-25-20(23)19(21(24)26-4-2)13-22-16-9-10-18-15(12-16)11-14-7-5-6-8-17(14)18/h5-10,12-13,22H,3-4,11H2,1-2H3. The molecule has 0 radical (unpaired) electrons. The lowest BCUT2D eigenvalue weighted by atomic mass is 10.1. The van der Waals surface area contributed by atoms with Gasteiger partial charge in [0.15, 0.2) is 5.57 Å². The summed E-state index contributed by atoms with van der Waals surface area (Å²) in [4.78, 5) is 24.0. The minimum absolute atomic E-state index is 0.155. The van der Waals surface area contributed by atoms with Crippen molar-refractivity contribution >= 4 is 17.6 Å². The Kier molecular flexibility index (Phi) is 5.37. The molecule has 0 unspecified atom stereocenters. The van der Waals surface area contributed by atoms with Crippen LogP contribution in [0, 0.1) is 0 Å². The number of benzene rings is 2. The highest BCUT2D eigenvalue weighted by Gasteiger charge is 2.21. The maximum absolute atomic E-state index is 12.0. The molecule has 0 aliphatic heterocycles. The summed E-state index contributed by atoms with van der Waals surface area (Å²) in [5, 5.41) is 3.02. The van der Waals surface area contributed by atoms with E-state index in [0.29, 0.717) is 0 Å². The van der Waals surface area contributed by atoms with Crippen molar-refractivity contribution in [1.29, 1.82) is 0 Å². The van der Waals surface area contributed by atoms with Gasteiger partial charge in [0.05, 0.1) is 13.2 Å². The first-order chi connectivity index (χ1) is 12.6. The van der Waals surface area contributed by atoms with Crippen molar-refractivity contribution in [2.75, 3.05) is 18.5 Å². The smallest absolute Gasteiger partial charge is 0.347 e.